The first-order valence-corrected chi connectivity index (χ1v) is 11.6. The highest BCUT2D eigenvalue weighted by molar-refractivity contribution is 5.97. The van der Waals surface area contributed by atoms with Crippen LogP contribution in [0.25, 0.3) is 22.4 Å². The number of benzene rings is 2. The quantitative estimate of drug-likeness (QED) is 0.177. The molecule has 3 aromatic heterocycles. The molecule has 0 radical (unpaired) electrons. The molecule has 0 spiro atoms. The van der Waals surface area contributed by atoms with Crippen molar-refractivity contribution in [2.24, 2.45) is 10.7 Å². The van der Waals surface area contributed by atoms with E-state index in [0.29, 0.717) is 33.6 Å². The Morgan fingerprint density at radius 2 is 1.63 bits per heavy atom. The van der Waals surface area contributed by atoms with E-state index in [1.54, 1.807) is 48.5 Å². The van der Waals surface area contributed by atoms with Crippen LogP contribution in [0.15, 0.2) is 96.2 Å². The van der Waals surface area contributed by atoms with Crippen LogP contribution in [0.1, 0.15) is 22.7 Å². The van der Waals surface area contributed by atoms with Crippen molar-refractivity contribution in [3.8, 4) is 33.9 Å². The smallest absolute Gasteiger partial charge is 0.256 e. The van der Waals surface area contributed by atoms with Gasteiger partial charge in [-0.15, -0.1) is 0 Å². The maximum absolute atomic E-state index is 15.4. The van der Waals surface area contributed by atoms with E-state index in [4.69, 9.17) is 15.5 Å². The number of amidine groups is 1. The van der Waals surface area contributed by atoms with Crippen LogP contribution in [0.3, 0.4) is 0 Å². The fraction of sp³-hybridized carbons (Fsp3) is 0.0345. The zero-order chi connectivity index (χ0) is 26.2. The van der Waals surface area contributed by atoms with Gasteiger partial charge in [-0.2, -0.15) is 13.2 Å². The highest BCUT2D eigenvalue weighted by Crippen LogP contribution is 2.48. The summed E-state index contributed by atoms with van der Waals surface area (Å²) in [7, 11) is 0. The van der Waals surface area contributed by atoms with Gasteiger partial charge >= 0.3 is 0 Å². The molecule has 0 saturated carbocycles. The van der Waals surface area contributed by atoms with Gasteiger partial charge in [-0.3, -0.25) is 4.99 Å². The van der Waals surface area contributed by atoms with Crippen molar-refractivity contribution in [1.29, 1.82) is 0 Å². The van der Waals surface area contributed by atoms with Gasteiger partial charge in [0.2, 0.25) is 11.9 Å². The number of halogens is 3. The van der Waals surface area contributed by atoms with Gasteiger partial charge in [-0.25, -0.2) is 15.0 Å². The molecule has 0 fully saturated rings. The summed E-state index contributed by atoms with van der Waals surface area (Å²) in [4.78, 5) is 16.0. The van der Waals surface area contributed by atoms with Crippen LogP contribution in [0, 0.1) is 17.8 Å². The van der Waals surface area contributed by atoms with Gasteiger partial charge in [0, 0.05) is 46.3 Å². The Hall–Kier alpha value is -5.05. The molecule has 6 rings (SSSR count). The lowest BCUT2D eigenvalue weighted by molar-refractivity contribution is 0.402. The number of nitrogens with two attached hydrogens (primary N) is 1. The number of fused-ring (bicyclic) bond motifs is 2. The lowest BCUT2D eigenvalue weighted by Crippen LogP contribution is -2.18. The van der Waals surface area contributed by atoms with Crippen molar-refractivity contribution in [3.63, 3.8) is 0 Å². The fourth-order valence-electron chi connectivity index (χ4n) is 4.40. The summed E-state index contributed by atoms with van der Waals surface area (Å²) in [5.74, 6) is -1.84. The number of rotatable bonds is 4. The van der Waals surface area contributed by atoms with Crippen molar-refractivity contribution >= 4 is 5.84 Å². The molecule has 0 bridgehead atoms. The van der Waals surface area contributed by atoms with E-state index in [-0.39, 0.29) is 22.8 Å². The minimum Gasteiger partial charge on any atom is -0.452 e. The number of pyridine rings is 3. The largest absolute Gasteiger partial charge is 0.452 e. The monoisotopic (exact) mass is 509 g/mol. The third-order valence-corrected chi connectivity index (χ3v) is 6.20. The number of ether oxygens (including phenoxy) is 1. The molecule has 38 heavy (non-hydrogen) atoms. The Morgan fingerprint density at radius 1 is 0.789 bits per heavy atom. The molecule has 9 heteroatoms. The maximum Gasteiger partial charge on any atom is 0.256 e. The second-order valence-corrected chi connectivity index (χ2v) is 8.56. The second kappa shape index (κ2) is 9.44. The SMILES string of the molecule is NC(=NC1c2cc(-c3cccnc3F)ccc2Oc2c1cc(-c1ccnc(F)c1)nc2F)c1ccccc1. The van der Waals surface area contributed by atoms with E-state index in [1.807, 2.05) is 18.2 Å². The van der Waals surface area contributed by atoms with Gasteiger partial charge in [-0.05, 0) is 42.0 Å². The normalized spacial score (nSPS) is 14.4. The van der Waals surface area contributed by atoms with Crippen LogP contribution in [-0.4, -0.2) is 20.8 Å². The Labute approximate surface area is 215 Å². The molecule has 2 N–H and O–H groups in total. The molecule has 1 atom stereocenters. The molecule has 1 unspecified atom stereocenters. The zero-order valence-corrected chi connectivity index (χ0v) is 19.6. The molecular weight excluding hydrogens is 491 g/mol. The number of nitrogens with zero attached hydrogens (tertiary/aromatic N) is 4. The highest BCUT2D eigenvalue weighted by atomic mass is 19.1. The van der Waals surface area contributed by atoms with Crippen molar-refractivity contribution in [2.75, 3.05) is 0 Å². The Kier molecular flexibility index (Phi) is 5.80. The third kappa shape index (κ3) is 4.24. The summed E-state index contributed by atoms with van der Waals surface area (Å²) in [5.41, 5.74) is 9.25. The van der Waals surface area contributed by atoms with Gasteiger partial charge in [0.25, 0.3) is 5.95 Å². The number of aromatic nitrogens is 3. The minimum absolute atomic E-state index is 0.120. The predicted octanol–water partition coefficient (Wildman–Crippen LogP) is 6.22. The molecule has 4 heterocycles. The molecule has 2 aromatic carbocycles. The third-order valence-electron chi connectivity index (χ3n) is 6.20. The Bertz CT molecular complexity index is 1710. The van der Waals surface area contributed by atoms with Gasteiger partial charge in [0.15, 0.2) is 5.75 Å². The molecule has 1 aliphatic rings. The van der Waals surface area contributed by atoms with Crippen molar-refractivity contribution < 1.29 is 17.9 Å². The Balaban J connectivity index is 1.56. The van der Waals surface area contributed by atoms with Crippen LogP contribution >= 0.6 is 0 Å². The summed E-state index contributed by atoms with van der Waals surface area (Å²) in [6.07, 6.45) is 2.64. The number of aliphatic imine (C=N–C) groups is 1. The van der Waals surface area contributed by atoms with E-state index in [9.17, 15) is 8.78 Å². The Morgan fingerprint density at radius 3 is 2.42 bits per heavy atom. The standard InChI is InChI=1S/C29H18F3N5O/c30-24-14-18(10-12-34-24)22-15-21-25(37-29(33)16-5-2-1-3-6-16)20-13-17(19-7-4-11-35-27(19)31)8-9-23(20)38-26(21)28(32)36-22/h1-15,25H,(H2,33,37). The molecular formula is C29H18F3N5O. The van der Waals surface area contributed by atoms with Crippen molar-refractivity contribution in [2.45, 2.75) is 6.04 Å². The van der Waals surface area contributed by atoms with Gasteiger partial charge < -0.3 is 10.5 Å². The highest BCUT2D eigenvalue weighted by Gasteiger charge is 2.32. The topological polar surface area (TPSA) is 86.3 Å². The minimum atomic E-state index is -0.888. The van der Waals surface area contributed by atoms with Crippen LogP contribution in [0.5, 0.6) is 11.5 Å². The lowest BCUT2D eigenvalue weighted by atomic mass is 9.91. The lowest BCUT2D eigenvalue weighted by Gasteiger charge is -2.27. The predicted molar refractivity (Wildman–Crippen MR) is 136 cm³/mol. The fourth-order valence-corrected chi connectivity index (χ4v) is 4.40. The number of hydrogen-bond donors (Lipinski definition) is 1. The molecule has 1 aliphatic heterocycles. The number of hydrogen-bond acceptors (Lipinski definition) is 5. The summed E-state index contributed by atoms with van der Waals surface area (Å²) >= 11 is 0. The van der Waals surface area contributed by atoms with Gasteiger partial charge in [0.1, 0.15) is 17.6 Å². The zero-order valence-electron chi connectivity index (χ0n) is 19.6. The summed E-state index contributed by atoms with van der Waals surface area (Å²) in [5, 5.41) is 0. The first-order valence-electron chi connectivity index (χ1n) is 11.6. The summed E-state index contributed by atoms with van der Waals surface area (Å²) < 4.78 is 49.6. The average Bonchev–Trinajstić information content (AvgIpc) is 2.94. The van der Waals surface area contributed by atoms with E-state index in [2.05, 4.69) is 15.0 Å². The van der Waals surface area contributed by atoms with Crippen LogP contribution in [-0.2, 0) is 0 Å². The molecule has 5 aromatic rings. The van der Waals surface area contributed by atoms with Crippen LogP contribution < -0.4 is 10.5 Å². The van der Waals surface area contributed by atoms with E-state index < -0.39 is 23.9 Å². The molecule has 0 aliphatic carbocycles. The van der Waals surface area contributed by atoms with Crippen LogP contribution in [0.2, 0.25) is 0 Å². The molecule has 0 saturated heterocycles. The van der Waals surface area contributed by atoms with E-state index in [0.717, 1.165) is 6.07 Å². The van der Waals surface area contributed by atoms with Crippen molar-refractivity contribution in [3.05, 3.63) is 126 Å². The summed E-state index contributed by atoms with van der Waals surface area (Å²) in [6.45, 7) is 0. The molecule has 186 valence electrons. The van der Waals surface area contributed by atoms with Gasteiger partial charge in [0.05, 0.1) is 5.69 Å². The van der Waals surface area contributed by atoms with E-state index in [1.165, 1.54) is 18.5 Å². The maximum atomic E-state index is 15.4. The van der Waals surface area contributed by atoms with Crippen LogP contribution in [0.4, 0.5) is 13.2 Å². The molecule has 6 nitrogen and oxygen atoms in total. The first kappa shape index (κ1) is 23.4. The molecule has 0 amide bonds. The first-order chi connectivity index (χ1) is 18.5. The van der Waals surface area contributed by atoms with E-state index >= 15 is 4.39 Å². The second-order valence-electron chi connectivity index (χ2n) is 8.56. The summed E-state index contributed by atoms with van der Waals surface area (Å²) in [6, 6.07) is 20.8. The average molecular weight is 509 g/mol. The van der Waals surface area contributed by atoms with Gasteiger partial charge in [-0.1, -0.05) is 36.4 Å². The van der Waals surface area contributed by atoms with Crippen molar-refractivity contribution in [1.82, 2.24) is 15.0 Å².